The molecule has 1 aromatic rings. The van der Waals surface area contributed by atoms with Crippen LogP contribution in [0.5, 0.6) is 0 Å². The van der Waals surface area contributed by atoms with Crippen LogP contribution in [0.2, 0.25) is 0 Å². The number of aliphatic carboxylic acids is 1. The summed E-state index contributed by atoms with van der Waals surface area (Å²) < 4.78 is 10.7. The molecule has 4 heteroatoms. The van der Waals surface area contributed by atoms with Gasteiger partial charge in [-0.1, -0.05) is 30.3 Å². The van der Waals surface area contributed by atoms with Crippen LogP contribution in [0.1, 0.15) is 24.3 Å². The van der Waals surface area contributed by atoms with Gasteiger partial charge in [0.2, 0.25) is 0 Å². The quantitative estimate of drug-likeness (QED) is 0.849. The van der Waals surface area contributed by atoms with Crippen molar-refractivity contribution in [2.24, 2.45) is 0 Å². The van der Waals surface area contributed by atoms with Gasteiger partial charge < -0.3 is 14.6 Å². The molecule has 0 radical (unpaired) electrons. The number of hydrogen-bond acceptors (Lipinski definition) is 3. The molecule has 1 heterocycles. The van der Waals surface area contributed by atoms with Crippen molar-refractivity contribution in [3.63, 3.8) is 0 Å². The zero-order chi connectivity index (χ0) is 12.1. The van der Waals surface area contributed by atoms with Gasteiger partial charge in [-0.15, -0.1) is 0 Å². The van der Waals surface area contributed by atoms with Gasteiger partial charge in [0.05, 0.1) is 19.6 Å². The van der Waals surface area contributed by atoms with E-state index in [2.05, 4.69) is 0 Å². The van der Waals surface area contributed by atoms with Gasteiger partial charge in [0.1, 0.15) is 0 Å². The van der Waals surface area contributed by atoms with Crippen LogP contribution >= 0.6 is 0 Å². The molecule has 1 aliphatic heterocycles. The molecule has 1 N–H and O–H groups in total. The molecule has 0 unspecified atom stereocenters. The fourth-order valence-corrected chi connectivity index (χ4v) is 2.05. The first-order valence-corrected chi connectivity index (χ1v) is 5.75. The molecule has 17 heavy (non-hydrogen) atoms. The third-order valence-electron chi connectivity index (χ3n) is 2.86. The Bertz CT molecular complexity index is 357. The molecule has 1 fully saturated rings. The first kappa shape index (κ1) is 12.1. The van der Waals surface area contributed by atoms with Gasteiger partial charge in [0.25, 0.3) is 0 Å². The van der Waals surface area contributed by atoms with Gasteiger partial charge >= 0.3 is 5.97 Å². The minimum atomic E-state index is -0.795. The van der Waals surface area contributed by atoms with Crippen LogP contribution in [-0.4, -0.2) is 30.6 Å². The minimum Gasteiger partial charge on any atom is -0.481 e. The highest BCUT2D eigenvalue weighted by Crippen LogP contribution is 2.27. The Morgan fingerprint density at radius 3 is 2.53 bits per heavy atom. The Balaban J connectivity index is 2.04. The van der Waals surface area contributed by atoms with Gasteiger partial charge in [-0.25, -0.2) is 0 Å². The van der Waals surface area contributed by atoms with Gasteiger partial charge in [-0.2, -0.15) is 0 Å². The van der Waals surface area contributed by atoms with E-state index in [0.29, 0.717) is 19.6 Å². The Labute approximate surface area is 100 Å². The van der Waals surface area contributed by atoms with Crippen LogP contribution in [0.4, 0.5) is 0 Å². The van der Waals surface area contributed by atoms with Crippen LogP contribution in [0.25, 0.3) is 0 Å². The molecular weight excluding hydrogens is 220 g/mol. The molecule has 0 aliphatic carbocycles. The molecule has 0 amide bonds. The number of benzene rings is 1. The lowest BCUT2D eigenvalue weighted by atomic mass is 9.92. The number of rotatable bonds is 5. The summed E-state index contributed by atoms with van der Waals surface area (Å²) in [6.07, 6.45) is 0.434. The molecule has 0 saturated carbocycles. The number of carboxylic acids is 1. The van der Waals surface area contributed by atoms with E-state index < -0.39 is 5.97 Å². The van der Waals surface area contributed by atoms with Crippen molar-refractivity contribution in [2.75, 3.05) is 13.2 Å². The summed E-state index contributed by atoms with van der Waals surface area (Å²) in [7, 11) is 0. The van der Waals surface area contributed by atoms with Crippen molar-refractivity contribution < 1.29 is 19.4 Å². The highest BCUT2D eigenvalue weighted by atomic mass is 16.7. The standard InChI is InChI=1S/C13H16O4/c14-12(15)8-11(9-13-16-6-7-17-13)10-4-2-1-3-5-10/h1-5,11,13H,6-9H2,(H,14,15)/t11-/m0/s1. The minimum absolute atomic E-state index is 0.0585. The highest BCUT2D eigenvalue weighted by Gasteiger charge is 2.24. The van der Waals surface area contributed by atoms with Crippen LogP contribution < -0.4 is 0 Å². The van der Waals surface area contributed by atoms with Crippen LogP contribution in [0.3, 0.4) is 0 Å². The number of ether oxygens (including phenoxy) is 2. The summed E-state index contributed by atoms with van der Waals surface area (Å²) in [5, 5.41) is 8.94. The maximum Gasteiger partial charge on any atom is 0.303 e. The van der Waals surface area contributed by atoms with E-state index in [-0.39, 0.29) is 18.6 Å². The predicted octanol–water partition coefficient (Wildman–Crippen LogP) is 2.01. The Morgan fingerprint density at radius 2 is 1.94 bits per heavy atom. The molecule has 1 aliphatic rings. The molecule has 4 nitrogen and oxygen atoms in total. The average Bonchev–Trinajstić information content (AvgIpc) is 2.82. The summed E-state index contributed by atoms with van der Waals surface area (Å²) in [5.41, 5.74) is 1.02. The molecular formula is C13H16O4. The van der Waals surface area contributed by atoms with E-state index in [0.717, 1.165) is 5.56 Å². The van der Waals surface area contributed by atoms with Crippen molar-refractivity contribution in [2.45, 2.75) is 25.0 Å². The Morgan fingerprint density at radius 1 is 1.29 bits per heavy atom. The maximum absolute atomic E-state index is 10.9. The zero-order valence-electron chi connectivity index (χ0n) is 9.54. The lowest BCUT2D eigenvalue weighted by Gasteiger charge is -2.18. The van der Waals surface area contributed by atoms with Crippen LogP contribution in [0.15, 0.2) is 30.3 Å². The van der Waals surface area contributed by atoms with E-state index in [9.17, 15) is 4.79 Å². The topological polar surface area (TPSA) is 55.8 Å². The van der Waals surface area contributed by atoms with Crippen LogP contribution in [0, 0.1) is 0 Å². The molecule has 0 aromatic heterocycles. The maximum atomic E-state index is 10.9. The van der Waals surface area contributed by atoms with Crippen molar-refractivity contribution >= 4 is 5.97 Å². The van der Waals surface area contributed by atoms with Gasteiger partial charge in [0.15, 0.2) is 6.29 Å². The first-order valence-electron chi connectivity index (χ1n) is 5.75. The summed E-state index contributed by atoms with van der Waals surface area (Å²) >= 11 is 0. The molecule has 92 valence electrons. The molecule has 1 aromatic carbocycles. The van der Waals surface area contributed by atoms with Gasteiger partial charge in [0, 0.05) is 6.42 Å². The van der Waals surface area contributed by atoms with E-state index in [1.807, 2.05) is 30.3 Å². The predicted molar refractivity (Wildman–Crippen MR) is 61.7 cm³/mol. The van der Waals surface area contributed by atoms with Gasteiger partial charge in [-0.05, 0) is 11.5 Å². The third-order valence-corrected chi connectivity index (χ3v) is 2.86. The zero-order valence-corrected chi connectivity index (χ0v) is 9.54. The van der Waals surface area contributed by atoms with Crippen LogP contribution in [-0.2, 0) is 14.3 Å². The van der Waals surface area contributed by atoms with Crippen molar-refractivity contribution in [3.05, 3.63) is 35.9 Å². The number of hydrogen-bond donors (Lipinski definition) is 1. The van der Waals surface area contributed by atoms with Crippen molar-refractivity contribution in [1.82, 2.24) is 0 Å². The van der Waals surface area contributed by atoms with E-state index in [1.54, 1.807) is 0 Å². The van der Waals surface area contributed by atoms with E-state index >= 15 is 0 Å². The summed E-state index contributed by atoms with van der Waals surface area (Å²) in [6.45, 7) is 1.19. The second-order valence-corrected chi connectivity index (χ2v) is 4.11. The summed E-state index contributed by atoms with van der Waals surface area (Å²) in [5.74, 6) is -0.853. The number of carboxylic acid groups (broad SMARTS) is 1. The first-order chi connectivity index (χ1) is 8.25. The Hall–Kier alpha value is -1.39. The van der Waals surface area contributed by atoms with E-state index in [1.165, 1.54) is 0 Å². The second-order valence-electron chi connectivity index (χ2n) is 4.11. The Kier molecular flexibility index (Phi) is 4.12. The molecule has 1 saturated heterocycles. The smallest absolute Gasteiger partial charge is 0.303 e. The van der Waals surface area contributed by atoms with E-state index in [4.69, 9.17) is 14.6 Å². The lowest BCUT2D eigenvalue weighted by Crippen LogP contribution is -2.16. The SMILES string of the molecule is O=C(O)C[C@@H](CC1OCCO1)c1ccccc1. The lowest BCUT2D eigenvalue weighted by molar-refractivity contribution is -0.138. The van der Waals surface area contributed by atoms with Crippen molar-refractivity contribution in [3.8, 4) is 0 Å². The molecule has 1 atom stereocenters. The third kappa shape index (κ3) is 3.54. The monoisotopic (exact) mass is 236 g/mol. The molecule has 0 spiro atoms. The molecule has 0 bridgehead atoms. The fraction of sp³-hybridized carbons (Fsp3) is 0.462. The highest BCUT2D eigenvalue weighted by molar-refractivity contribution is 5.68. The average molecular weight is 236 g/mol. The summed E-state index contributed by atoms with van der Waals surface area (Å²) in [6, 6.07) is 9.65. The largest absolute Gasteiger partial charge is 0.481 e. The van der Waals surface area contributed by atoms with Gasteiger partial charge in [-0.3, -0.25) is 4.79 Å². The normalized spacial score (nSPS) is 18.1. The molecule has 2 rings (SSSR count). The van der Waals surface area contributed by atoms with Crippen molar-refractivity contribution in [1.29, 1.82) is 0 Å². The number of carbonyl (C=O) groups is 1. The summed E-state index contributed by atoms with van der Waals surface area (Å²) in [4.78, 5) is 10.9. The fourth-order valence-electron chi connectivity index (χ4n) is 2.05. The second kappa shape index (κ2) is 5.80.